The quantitative estimate of drug-likeness (QED) is 0.492. The lowest BCUT2D eigenvalue weighted by Gasteiger charge is -2.12. The summed E-state index contributed by atoms with van der Waals surface area (Å²) >= 11 is 1.40. The maximum absolute atomic E-state index is 12.4. The zero-order valence-electron chi connectivity index (χ0n) is 15.5. The second-order valence-electron chi connectivity index (χ2n) is 5.72. The van der Waals surface area contributed by atoms with Gasteiger partial charge in [-0.2, -0.15) is 0 Å². The van der Waals surface area contributed by atoms with Gasteiger partial charge in [0.15, 0.2) is 0 Å². The lowest BCUT2D eigenvalue weighted by atomic mass is 10.2. The van der Waals surface area contributed by atoms with Gasteiger partial charge in [0.05, 0.1) is 31.2 Å². The molecule has 3 rings (SSSR count). The largest absolute Gasteiger partial charge is 0.497 e. The van der Waals surface area contributed by atoms with E-state index < -0.39 is 0 Å². The minimum atomic E-state index is -0.135. The number of anilines is 1. The molecule has 0 spiro atoms. The van der Waals surface area contributed by atoms with E-state index in [2.05, 4.69) is 15.3 Å². The summed E-state index contributed by atoms with van der Waals surface area (Å²) in [6, 6.07) is 13.1. The van der Waals surface area contributed by atoms with Crippen molar-refractivity contribution in [2.24, 2.45) is 0 Å². The molecule has 0 radical (unpaired) electrons. The Morgan fingerprint density at radius 3 is 2.67 bits per heavy atom. The van der Waals surface area contributed by atoms with E-state index in [1.807, 2.05) is 31.2 Å². The van der Waals surface area contributed by atoms with Crippen molar-refractivity contribution in [2.45, 2.75) is 18.4 Å². The number of benzene rings is 2. The lowest BCUT2D eigenvalue weighted by Crippen LogP contribution is -2.15. The van der Waals surface area contributed by atoms with E-state index in [1.54, 1.807) is 32.4 Å². The van der Waals surface area contributed by atoms with Gasteiger partial charge in [-0.1, -0.05) is 36.9 Å². The Morgan fingerprint density at radius 2 is 1.93 bits per heavy atom. The number of hydrogen-bond donors (Lipinski definition) is 1. The normalized spacial score (nSPS) is 10.6. The average Bonchev–Trinajstić information content (AvgIpc) is 2.71. The van der Waals surface area contributed by atoms with Crippen molar-refractivity contribution >= 4 is 34.3 Å². The maximum Gasteiger partial charge on any atom is 0.234 e. The van der Waals surface area contributed by atoms with Crippen LogP contribution < -0.4 is 14.8 Å². The van der Waals surface area contributed by atoms with Gasteiger partial charge in [0, 0.05) is 17.9 Å². The first-order valence-electron chi connectivity index (χ1n) is 8.55. The zero-order chi connectivity index (χ0) is 19.2. The Balaban J connectivity index is 1.74. The molecule has 0 aliphatic carbocycles. The summed E-state index contributed by atoms with van der Waals surface area (Å²) in [5.41, 5.74) is 1.50. The molecular weight excluding hydrogens is 362 g/mol. The van der Waals surface area contributed by atoms with Crippen LogP contribution in [0.3, 0.4) is 0 Å². The molecule has 0 unspecified atom stereocenters. The molecule has 0 bridgehead atoms. The highest BCUT2D eigenvalue weighted by atomic mass is 32.2. The van der Waals surface area contributed by atoms with Crippen LogP contribution in [0.2, 0.25) is 0 Å². The number of hydrogen-bond acceptors (Lipinski definition) is 6. The van der Waals surface area contributed by atoms with Gasteiger partial charge in [-0.05, 0) is 18.2 Å². The van der Waals surface area contributed by atoms with Crippen molar-refractivity contribution in [2.75, 3.05) is 25.3 Å². The second-order valence-corrected chi connectivity index (χ2v) is 6.68. The molecule has 140 valence electrons. The highest BCUT2D eigenvalue weighted by Crippen LogP contribution is 2.30. The number of carbonyl (C=O) groups is 1. The molecule has 1 aromatic heterocycles. The average molecular weight is 383 g/mol. The van der Waals surface area contributed by atoms with Crippen molar-refractivity contribution in [3.05, 3.63) is 48.3 Å². The van der Waals surface area contributed by atoms with Crippen molar-refractivity contribution in [1.29, 1.82) is 0 Å². The number of fused-ring (bicyclic) bond motifs is 1. The number of methoxy groups -OCH3 is 2. The summed E-state index contributed by atoms with van der Waals surface area (Å²) in [4.78, 5) is 21.6. The lowest BCUT2D eigenvalue weighted by molar-refractivity contribution is -0.113. The number of rotatable bonds is 7. The van der Waals surface area contributed by atoms with E-state index in [0.29, 0.717) is 17.2 Å². The Morgan fingerprint density at radius 1 is 1.11 bits per heavy atom. The summed E-state index contributed by atoms with van der Waals surface area (Å²) in [6.45, 7) is 2.02. The number of carbonyl (C=O) groups excluding carboxylic acids is 1. The molecule has 3 aromatic rings. The van der Waals surface area contributed by atoms with Gasteiger partial charge in [-0.3, -0.25) is 4.79 Å². The third-order valence-corrected chi connectivity index (χ3v) is 4.94. The highest BCUT2D eigenvalue weighted by molar-refractivity contribution is 8.00. The molecule has 27 heavy (non-hydrogen) atoms. The van der Waals surface area contributed by atoms with Gasteiger partial charge in [0.2, 0.25) is 5.91 Å². The van der Waals surface area contributed by atoms with Crippen molar-refractivity contribution in [3.63, 3.8) is 0 Å². The second kappa shape index (κ2) is 8.73. The smallest absolute Gasteiger partial charge is 0.234 e. The fourth-order valence-corrected chi connectivity index (χ4v) is 3.42. The van der Waals surface area contributed by atoms with Crippen molar-refractivity contribution < 1.29 is 14.3 Å². The number of amides is 1. The monoisotopic (exact) mass is 383 g/mol. The van der Waals surface area contributed by atoms with Gasteiger partial charge in [-0.15, -0.1) is 0 Å². The molecule has 1 heterocycles. The van der Waals surface area contributed by atoms with Crippen LogP contribution in [0.25, 0.3) is 10.9 Å². The van der Waals surface area contributed by atoms with Crippen LogP contribution in [0.15, 0.2) is 47.5 Å². The predicted molar refractivity (Wildman–Crippen MR) is 108 cm³/mol. The predicted octanol–water partition coefficient (Wildman–Crippen LogP) is 3.94. The molecule has 7 heteroatoms. The number of para-hydroxylation sites is 1. The molecule has 2 aromatic carbocycles. The topological polar surface area (TPSA) is 73.3 Å². The summed E-state index contributed by atoms with van der Waals surface area (Å²) in [6.07, 6.45) is 0.744. The fraction of sp³-hybridized carbons (Fsp3) is 0.250. The Bertz CT molecular complexity index is 962. The number of nitrogens with one attached hydrogen (secondary N) is 1. The van der Waals surface area contributed by atoms with E-state index in [9.17, 15) is 4.79 Å². The SMILES string of the molecule is CCc1nc(SCC(=O)Nc2ccc(OC)cc2OC)c2ccccc2n1. The Hall–Kier alpha value is -2.80. The Labute approximate surface area is 162 Å². The summed E-state index contributed by atoms with van der Waals surface area (Å²) in [5, 5.41) is 4.64. The van der Waals surface area contributed by atoms with Gasteiger partial charge < -0.3 is 14.8 Å². The Kier molecular flexibility index (Phi) is 6.13. The summed E-state index contributed by atoms with van der Waals surface area (Å²) in [5.74, 6) is 2.09. The van der Waals surface area contributed by atoms with Crippen LogP contribution in [0, 0.1) is 0 Å². The zero-order valence-corrected chi connectivity index (χ0v) is 16.3. The van der Waals surface area contributed by atoms with E-state index in [4.69, 9.17) is 9.47 Å². The van der Waals surface area contributed by atoms with Crippen LogP contribution >= 0.6 is 11.8 Å². The minimum Gasteiger partial charge on any atom is -0.497 e. The van der Waals surface area contributed by atoms with Gasteiger partial charge in [-0.25, -0.2) is 9.97 Å². The van der Waals surface area contributed by atoms with Crippen LogP contribution in [0.1, 0.15) is 12.7 Å². The first-order valence-corrected chi connectivity index (χ1v) is 9.53. The van der Waals surface area contributed by atoms with Gasteiger partial charge in [0.25, 0.3) is 0 Å². The minimum absolute atomic E-state index is 0.135. The third kappa shape index (κ3) is 4.49. The van der Waals surface area contributed by atoms with E-state index in [1.165, 1.54) is 11.8 Å². The molecule has 0 aliphatic heterocycles. The number of thioether (sulfide) groups is 1. The van der Waals surface area contributed by atoms with Crippen LogP contribution in [-0.2, 0) is 11.2 Å². The molecule has 1 N–H and O–H groups in total. The van der Waals surface area contributed by atoms with E-state index in [0.717, 1.165) is 28.2 Å². The molecule has 6 nitrogen and oxygen atoms in total. The fourth-order valence-electron chi connectivity index (χ4n) is 2.58. The standard InChI is InChI=1S/C20H21N3O3S/c1-4-18-21-15-8-6-5-7-14(15)20(23-18)27-12-19(24)22-16-10-9-13(25-2)11-17(16)26-3/h5-11H,4,12H2,1-3H3,(H,22,24). The van der Waals surface area contributed by atoms with Gasteiger partial charge in [0.1, 0.15) is 22.3 Å². The summed E-state index contributed by atoms with van der Waals surface area (Å²) in [7, 11) is 3.14. The number of nitrogens with zero attached hydrogens (tertiary/aromatic N) is 2. The number of ether oxygens (including phenoxy) is 2. The first kappa shape index (κ1) is 19.0. The molecular formula is C20H21N3O3S. The highest BCUT2D eigenvalue weighted by Gasteiger charge is 2.12. The van der Waals surface area contributed by atoms with Crippen molar-refractivity contribution in [3.8, 4) is 11.5 Å². The molecule has 0 fully saturated rings. The van der Waals surface area contributed by atoms with Crippen LogP contribution in [0.4, 0.5) is 5.69 Å². The first-order chi connectivity index (χ1) is 13.1. The number of aromatic nitrogens is 2. The van der Waals surface area contributed by atoms with Gasteiger partial charge >= 0.3 is 0 Å². The molecule has 0 aliphatic rings. The molecule has 1 amide bonds. The molecule has 0 saturated heterocycles. The van der Waals surface area contributed by atoms with Crippen LogP contribution in [0.5, 0.6) is 11.5 Å². The van der Waals surface area contributed by atoms with E-state index >= 15 is 0 Å². The summed E-state index contributed by atoms with van der Waals surface area (Å²) < 4.78 is 10.5. The van der Waals surface area contributed by atoms with E-state index in [-0.39, 0.29) is 11.7 Å². The maximum atomic E-state index is 12.4. The van der Waals surface area contributed by atoms with Crippen LogP contribution in [-0.4, -0.2) is 35.8 Å². The third-order valence-electron chi connectivity index (χ3n) is 3.95. The number of aryl methyl sites for hydroxylation is 1. The molecule has 0 atom stereocenters. The van der Waals surface area contributed by atoms with Crippen molar-refractivity contribution in [1.82, 2.24) is 9.97 Å². The molecule has 0 saturated carbocycles.